The molecule has 0 aromatic heterocycles. The van der Waals surface area contributed by atoms with Crippen LogP contribution in [0.4, 0.5) is 10.1 Å². The van der Waals surface area contributed by atoms with E-state index >= 15 is 0 Å². The number of nitrogens with zero attached hydrogens (tertiary/aromatic N) is 1. The molecular weight excluding hydrogens is 237 g/mol. The van der Waals surface area contributed by atoms with Crippen molar-refractivity contribution in [2.45, 2.75) is 25.2 Å². The average molecular weight is 255 g/mol. The van der Waals surface area contributed by atoms with Gasteiger partial charge in [0.05, 0.1) is 6.10 Å². The quantitative estimate of drug-likeness (QED) is 0.879. The number of aliphatic hydroxyl groups is 1. The molecule has 2 rings (SSSR count). The van der Waals surface area contributed by atoms with Crippen molar-refractivity contribution in [2.24, 2.45) is 0 Å². The molecule has 1 saturated heterocycles. The van der Waals surface area contributed by atoms with E-state index in [2.05, 4.69) is 11.8 Å². The van der Waals surface area contributed by atoms with E-state index in [0.29, 0.717) is 10.8 Å². The van der Waals surface area contributed by atoms with Gasteiger partial charge in [-0.05, 0) is 19.1 Å². The Kier molecular flexibility index (Phi) is 3.94. The van der Waals surface area contributed by atoms with E-state index in [0.717, 1.165) is 24.5 Å². The first-order valence-corrected chi connectivity index (χ1v) is 6.97. The van der Waals surface area contributed by atoms with Crippen molar-refractivity contribution in [1.29, 1.82) is 0 Å². The average Bonchev–Trinajstić information content (AvgIpc) is 2.28. The monoisotopic (exact) mass is 255 g/mol. The zero-order valence-electron chi connectivity index (χ0n) is 10.2. The number of anilines is 1. The Morgan fingerprint density at radius 1 is 1.53 bits per heavy atom. The van der Waals surface area contributed by atoms with Crippen LogP contribution in [0.3, 0.4) is 0 Å². The van der Waals surface area contributed by atoms with E-state index in [1.165, 1.54) is 6.07 Å². The Bertz CT molecular complexity index is 397. The normalized spacial score (nSPS) is 22.6. The van der Waals surface area contributed by atoms with Gasteiger partial charge in [0.15, 0.2) is 0 Å². The fourth-order valence-electron chi connectivity index (χ4n) is 2.25. The lowest BCUT2D eigenvalue weighted by atomic mass is 10.1. The second-order valence-corrected chi connectivity index (χ2v) is 6.02. The lowest BCUT2D eigenvalue weighted by molar-refractivity contribution is 0.194. The minimum absolute atomic E-state index is 0.316. The van der Waals surface area contributed by atoms with Gasteiger partial charge < -0.3 is 10.0 Å². The molecule has 2 nitrogen and oxygen atoms in total. The molecule has 1 unspecified atom stereocenters. The molecule has 1 aromatic carbocycles. The Balaban J connectivity index is 2.34. The maximum atomic E-state index is 13.8. The second-order valence-electron chi connectivity index (χ2n) is 4.48. The molecule has 0 amide bonds. The number of hydrogen-bond donors (Lipinski definition) is 1. The van der Waals surface area contributed by atoms with Crippen molar-refractivity contribution < 1.29 is 9.50 Å². The van der Waals surface area contributed by atoms with Gasteiger partial charge in [-0.3, -0.25) is 0 Å². The zero-order chi connectivity index (χ0) is 12.4. The first kappa shape index (κ1) is 12.7. The van der Waals surface area contributed by atoms with E-state index in [1.807, 2.05) is 17.8 Å². The van der Waals surface area contributed by atoms with Crippen molar-refractivity contribution in [2.75, 3.05) is 23.7 Å². The van der Waals surface area contributed by atoms with Crippen LogP contribution >= 0.6 is 11.8 Å². The molecule has 1 aliphatic heterocycles. The van der Waals surface area contributed by atoms with Crippen LogP contribution in [0.1, 0.15) is 25.5 Å². The lowest BCUT2D eigenvalue weighted by Crippen LogP contribution is -2.37. The van der Waals surface area contributed by atoms with Gasteiger partial charge in [0.25, 0.3) is 0 Å². The maximum Gasteiger partial charge on any atom is 0.131 e. The highest BCUT2D eigenvalue weighted by Gasteiger charge is 2.22. The summed E-state index contributed by atoms with van der Waals surface area (Å²) in [5.74, 6) is 0.736. The number of rotatable bonds is 2. The number of hydrogen-bond acceptors (Lipinski definition) is 3. The zero-order valence-corrected chi connectivity index (χ0v) is 11.0. The molecule has 0 radical (unpaired) electrons. The molecule has 1 aliphatic rings. The van der Waals surface area contributed by atoms with Crippen LogP contribution in [-0.4, -0.2) is 29.2 Å². The largest absolute Gasteiger partial charge is 0.389 e. The van der Waals surface area contributed by atoms with E-state index in [9.17, 15) is 9.50 Å². The highest BCUT2D eigenvalue weighted by Crippen LogP contribution is 2.31. The summed E-state index contributed by atoms with van der Waals surface area (Å²) in [5.41, 5.74) is 1.26. The predicted molar refractivity (Wildman–Crippen MR) is 71.2 cm³/mol. The second kappa shape index (κ2) is 5.27. The van der Waals surface area contributed by atoms with Crippen molar-refractivity contribution in [3.05, 3.63) is 29.6 Å². The number of aliphatic hydroxyl groups excluding tert-OH is 1. The van der Waals surface area contributed by atoms with Gasteiger partial charge in [0.1, 0.15) is 5.82 Å². The SMILES string of the molecule is CC1CN(c2cccc(F)c2[C@@H](C)O)CCS1. The van der Waals surface area contributed by atoms with Crippen LogP contribution in [0.2, 0.25) is 0 Å². The van der Waals surface area contributed by atoms with Gasteiger partial charge >= 0.3 is 0 Å². The molecule has 1 fully saturated rings. The van der Waals surface area contributed by atoms with Crippen molar-refractivity contribution in [3.63, 3.8) is 0 Å². The molecule has 4 heteroatoms. The third-order valence-electron chi connectivity index (χ3n) is 3.03. The van der Waals surface area contributed by atoms with Crippen LogP contribution in [0.15, 0.2) is 18.2 Å². The third-order valence-corrected chi connectivity index (χ3v) is 4.17. The molecular formula is C13H18FNOS. The van der Waals surface area contributed by atoms with E-state index in [-0.39, 0.29) is 5.82 Å². The first-order chi connectivity index (χ1) is 8.09. The molecule has 1 N–H and O–H groups in total. The summed E-state index contributed by atoms with van der Waals surface area (Å²) in [6.07, 6.45) is -0.768. The standard InChI is InChI=1S/C13H18FNOS/c1-9-8-15(6-7-17-9)12-5-3-4-11(14)13(12)10(2)16/h3-5,9-10,16H,6-8H2,1-2H3/t9?,10-/m1/s1. The van der Waals surface area contributed by atoms with Crippen LogP contribution < -0.4 is 4.90 Å². The molecule has 2 atom stereocenters. The highest BCUT2D eigenvalue weighted by molar-refractivity contribution is 8.00. The maximum absolute atomic E-state index is 13.8. The minimum atomic E-state index is -0.768. The summed E-state index contributed by atoms with van der Waals surface area (Å²) in [7, 11) is 0. The van der Waals surface area contributed by atoms with Crippen LogP contribution in [0.25, 0.3) is 0 Å². The number of thioether (sulfide) groups is 1. The van der Waals surface area contributed by atoms with Crippen LogP contribution in [-0.2, 0) is 0 Å². The topological polar surface area (TPSA) is 23.5 Å². The van der Waals surface area contributed by atoms with Crippen molar-refractivity contribution >= 4 is 17.4 Å². The number of benzene rings is 1. The summed E-state index contributed by atoms with van der Waals surface area (Å²) in [5, 5.41) is 10.3. The van der Waals surface area contributed by atoms with Gasteiger partial charge in [-0.2, -0.15) is 11.8 Å². The third kappa shape index (κ3) is 2.75. The van der Waals surface area contributed by atoms with E-state index in [1.54, 1.807) is 13.0 Å². The summed E-state index contributed by atoms with van der Waals surface area (Å²) >= 11 is 1.94. The molecule has 0 spiro atoms. The Hall–Kier alpha value is -0.740. The lowest BCUT2D eigenvalue weighted by Gasteiger charge is -2.34. The molecule has 0 saturated carbocycles. The smallest absolute Gasteiger partial charge is 0.131 e. The predicted octanol–water partition coefficient (Wildman–Crippen LogP) is 2.82. The van der Waals surface area contributed by atoms with E-state index in [4.69, 9.17) is 0 Å². The number of halogens is 1. The molecule has 0 bridgehead atoms. The van der Waals surface area contributed by atoms with Crippen molar-refractivity contribution in [1.82, 2.24) is 0 Å². The molecule has 17 heavy (non-hydrogen) atoms. The highest BCUT2D eigenvalue weighted by atomic mass is 32.2. The van der Waals surface area contributed by atoms with Gasteiger partial charge in [-0.1, -0.05) is 13.0 Å². The Morgan fingerprint density at radius 3 is 2.94 bits per heavy atom. The van der Waals surface area contributed by atoms with Crippen molar-refractivity contribution in [3.8, 4) is 0 Å². The molecule has 94 valence electrons. The molecule has 0 aliphatic carbocycles. The fraction of sp³-hybridized carbons (Fsp3) is 0.538. The summed E-state index contributed by atoms with van der Waals surface area (Å²) in [6, 6.07) is 5.02. The molecule has 1 aromatic rings. The fourth-order valence-corrected chi connectivity index (χ4v) is 3.27. The van der Waals surface area contributed by atoms with Gasteiger partial charge in [-0.25, -0.2) is 4.39 Å². The minimum Gasteiger partial charge on any atom is -0.389 e. The molecule has 1 heterocycles. The van der Waals surface area contributed by atoms with Gasteiger partial charge in [-0.15, -0.1) is 0 Å². The first-order valence-electron chi connectivity index (χ1n) is 5.92. The summed E-state index contributed by atoms with van der Waals surface area (Å²) in [4.78, 5) is 2.17. The summed E-state index contributed by atoms with van der Waals surface area (Å²) in [6.45, 7) is 5.62. The van der Waals surface area contributed by atoms with Crippen LogP contribution in [0.5, 0.6) is 0 Å². The Labute approximate surface area is 106 Å². The van der Waals surface area contributed by atoms with Gasteiger partial charge in [0.2, 0.25) is 0 Å². The van der Waals surface area contributed by atoms with E-state index < -0.39 is 6.10 Å². The van der Waals surface area contributed by atoms with Crippen LogP contribution in [0, 0.1) is 5.82 Å². The summed E-state index contributed by atoms with van der Waals surface area (Å²) < 4.78 is 13.8. The Morgan fingerprint density at radius 2 is 2.29 bits per heavy atom. The van der Waals surface area contributed by atoms with Gasteiger partial charge in [0, 0.05) is 35.3 Å².